The van der Waals surface area contributed by atoms with Gasteiger partial charge in [0, 0.05) is 0 Å². The molecule has 3 saturated heterocycles. The predicted molar refractivity (Wildman–Crippen MR) is 186 cm³/mol. The summed E-state index contributed by atoms with van der Waals surface area (Å²) in [5.41, 5.74) is -1.80. The first kappa shape index (κ1) is 42.7. The maximum absolute atomic E-state index is 14.1. The van der Waals surface area contributed by atoms with Crippen LogP contribution in [0, 0.1) is 28.1 Å². The Morgan fingerprint density at radius 2 is 1.21 bits per heavy atom. The summed E-state index contributed by atoms with van der Waals surface area (Å²) in [6.07, 6.45) is -17.8. The lowest BCUT2D eigenvalue weighted by atomic mass is 9.41. The van der Waals surface area contributed by atoms with Crippen LogP contribution < -0.4 is 0 Å². The number of ether oxygens (including phenoxy) is 6. The zero-order chi connectivity index (χ0) is 40.7. The maximum Gasteiger partial charge on any atom is 0.314 e. The van der Waals surface area contributed by atoms with Gasteiger partial charge in [-0.25, -0.2) is 0 Å². The van der Waals surface area contributed by atoms with Crippen molar-refractivity contribution in [2.24, 2.45) is 28.1 Å². The van der Waals surface area contributed by atoms with Crippen LogP contribution in [0.5, 0.6) is 0 Å². The molecular weight excluding hydrogens is 744 g/mol. The Labute approximate surface area is 324 Å². The highest BCUT2D eigenvalue weighted by atomic mass is 16.8. The van der Waals surface area contributed by atoms with Crippen LogP contribution in [0.15, 0.2) is 12.2 Å². The van der Waals surface area contributed by atoms with Gasteiger partial charge in [-0.3, -0.25) is 4.79 Å². The van der Waals surface area contributed by atoms with E-state index in [2.05, 4.69) is 13.5 Å². The molecule has 4 aliphatic carbocycles. The van der Waals surface area contributed by atoms with Gasteiger partial charge in [0.1, 0.15) is 73.2 Å². The fourth-order valence-electron chi connectivity index (χ4n) is 12.0. The van der Waals surface area contributed by atoms with E-state index in [1.165, 1.54) is 0 Å². The number of esters is 1. The summed E-state index contributed by atoms with van der Waals surface area (Å²) in [7, 11) is 0. The zero-order valence-electron chi connectivity index (χ0n) is 31.8. The molecule has 0 amide bonds. The maximum atomic E-state index is 14.1. The Bertz CT molecular complexity index is 1450. The lowest BCUT2D eigenvalue weighted by molar-refractivity contribution is -0.378. The van der Waals surface area contributed by atoms with Crippen LogP contribution in [0.25, 0.3) is 0 Å². The summed E-state index contributed by atoms with van der Waals surface area (Å²) >= 11 is 0. The quantitative estimate of drug-likeness (QED) is 0.0631. The zero-order valence-corrected chi connectivity index (χ0v) is 31.8. The summed E-state index contributed by atoms with van der Waals surface area (Å²) in [6, 6.07) is 0. The molecule has 3 heterocycles. The molecule has 4 saturated carbocycles. The molecule has 18 nitrogen and oxygen atoms in total. The molecule has 320 valence electrons. The van der Waals surface area contributed by atoms with Crippen molar-refractivity contribution in [2.45, 2.75) is 169 Å². The molecule has 0 aromatic heterocycles. The average Bonchev–Trinajstić information content (AvgIpc) is 3.37. The number of aliphatic hydroxyl groups excluding tert-OH is 11. The fraction of sp³-hybridized carbons (Fsp3) is 0.921. The second-order valence-corrected chi connectivity index (χ2v) is 18.0. The van der Waals surface area contributed by atoms with E-state index in [0.717, 1.165) is 18.4 Å². The van der Waals surface area contributed by atoms with Gasteiger partial charge >= 0.3 is 5.97 Å². The molecule has 7 rings (SSSR count). The number of rotatable bonds is 9. The van der Waals surface area contributed by atoms with E-state index < -0.39 is 129 Å². The van der Waals surface area contributed by atoms with Gasteiger partial charge in [0.05, 0.1) is 30.8 Å². The van der Waals surface area contributed by atoms with Crippen molar-refractivity contribution >= 4 is 5.97 Å². The standard InChI is InChI=1S/C38H60O18/c1-16-11-37-9-5-20-35(2,7-4-8-36(20,3)34(50)55-32-29(49)26(46)23(43)18(13-40)52-32)21(37)6-10-38(16,15-37)56-33-30(27(47)24(44)19(14-41)53-33)54-31-28(48)25(45)22(42)17(12-39)51-31/h17-33,39-49H,1,4-15H2,2-3H3/t17?,18?,19?,20-,21-,22+,23+,24+,25+,26+,27+,28?,29?,30?,31-,32-,33-,35+,36+,37+,38-/m0/s1. The van der Waals surface area contributed by atoms with E-state index in [9.17, 15) is 61.0 Å². The van der Waals surface area contributed by atoms with E-state index >= 15 is 0 Å². The molecular formula is C38H60O18. The molecule has 2 bridgehead atoms. The Morgan fingerprint density at radius 1 is 0.679 bits per heavy atom. The summed E-state index contributed by atoms with van der Waals surface area (Å²) < 4.78 is 35.6. The Kier molecular flexibility index (Phi) is 11.9. The third-order valence-corrected chi connectivity index (χ3v) is 15.0. The normalized spacial score (nSPS) is 54.6. The molecule has 7 aliphatic rings. The van der Waals surface area contributed by atoms with Crippen molar-refractivity contribution in [3.63, 3.8) is 0 Å². The molecule has 1 spiro atoms. The molecule has 0 radical (unpaired) electrons. The highest BCUT2D eigenvalue weighted by Gasteiger charge is 2.69. The minimum Gasteiger partial charge on any atom is -0.432 e. The van der Waals surface area contributed by atoms with E-state index in [-0.39, 0.29) is 22.7 Å². The van der Waals surface area contributed by atoms with Crippen LogP contribution in [-0.2, 0) is 33.2 Å². The molecule has 0 aromatic carbocycles. The van der Waals surface area contributed by atoms with Gasteiger partial charge in [-0.05, 0) is 86.5 Å². The number of aliphatic hydroxyl groups is 11. The van der Waals surface area contributed by atoms with Crippen molar-refractivity contribution in [3.05, 3.63) is 12.2 Å². The second-order valence-electron chi connectivity index (χ2n) is 18.0. The molecule has 21 atom stereocenters. The van der Waals surface area contributed by atoms with Crippen LogP contribution in [0.4, 0.5) is 0 Å². The van der Waals surface area contributed by atoms with Crippen molar-refractivity contribution in [2.75, 3.05) is 19.8 Å². The van der Waals surface area contributed by atoms with Gasteiger partial charge in [-0.15, -0.1) is 0 Å². The summed E-state index contributed by atoms with van der Waals surface area (Å²) in [6.45, 7) is 6.52. The molecule has 11 N–H and O–H groups in total. The van der Waals surface area contributed by atoms with E-state index in [0.29, 0.717) is 44.9 Å². The number of carbonyl (C=O) groups excluding carboxylic acids is 1. The second kappa shape index (κ2) is 15.6. The smallest absolute Gasteiger partial charge is 0.314 e. The largest absolute Gasteiger partial charge is 0.432 e. The summed E-state index contributed by atoms with van der Waals surface area (Å²) in [4.78, 5) is 14.1. The molecule has 7 fully saturated rings. The summed E-state index contributed by atoms with van der Waals surface area (Å²) in [5.74, 6) is -0.591. The fourth-order valence-corrected chi connectivity index (χ4v) is 12.0. The summed E-state index contributed by atoms with van der Waals surface area (Å²) in [5, 5.41) is 114. The van der Waals surface area contributed by atoms with Crippen LogP contribution in [0.3, 0.4) is 0 Å². The van der Waals surface area contributed by atoms with E-state index in [1.54, 1.807) is 0 Å². The number of hydrogen-bond donors (Lipinski definition) is 11. The molecule has 0 aromatic rings. The van der Waals surface area contributed by atoms with Crippen LogP contribution >= 0.6 is 0 Å². The molecule has 18 heteroatoms. The van der Waals surface area contributed by atoms with Crippen molar-refractivity contribution in [3.8, 4) is 0 Å². The number of fused-ring (bicyclic) bond motifs is 3. The Morgan fingerprint density at radius 3 is 1.82 bits per heavy atom. The van der Waals surface area contributed by atoms with Gasteiger partial charge < -0.3 is 84.6 Å². The van der Waals surface area contributed by atoms with E-state index in [4.69, 9.17) is 28.4 Å². The average molecular weight is 805 g/mol. The molecule has 56 heavy (non-hydrogen) atoms. The first-order chi connectivity index (χ1) is 26.4. The van der Waals surface area contributed by atoms with Crippen LogP contribution in [0.2, 0.25) is 0 Å². The van der Waals surface area contributed by atoms with Gasteiger partial charge in [-0.2, -0.15) is 0 Å². The first-order valence-electron chi connectivity index (χ1n) is 19.9. The first-order valence-corrected chi connectivity index (χ1v) is 19.9. The number of carbonyl (C=O) groups is 1. The van der Waals surface area contributed by atoms with Crippen molar-refractivity contribution < 1.29 is 89.4 Å². The van der Waals surface area contributed by atoms with Gasteiger partial charge in [-0.1, -0.05) is 19.9 Å². The van der Waals surface area contributed by atoms with Crippen LogP contribution in [-0.4, -0.2) is 180 Å². The van der Waals surface area contributed by atoms with Gasteiger partial charge in [0.25, 0.3) is 0 Å². The minimum atomic E-state index is -1.81. The highest BCUT2D eigenvalue weighted by Crippen LogP contribution is 2.73. The predicted octanol–water partition coefficient (Wildman–Crippen LogP) is -2.94. The monoisotopic (exact) mass is 804 g/mol. The SMILES string of the molecule is C=C1C[C@@]23CC[C@H]4[C@@](C)(CCC[C@@]4(C)C(=O)O[C@@H]4OC(CO)[C@@H](O)[C@@H](O)C4O)[C@@H]2CC[C@]1(O[C@@H]1OC(CO)[C@@H](O)[C@@H](O)C1O[C@@H]1OC(CO)[C@@H](O)[C@@H](O)C1O)C3. The Balaban J connectivity index is 1.10. The number of hydrogen-bond acceptors (Lipinski definition) is 18. The lowest BCUT2D eigenvalue weighted by Gasteiger charge is -2.64. The lowest BCUT2D eigenvalue weighted by Crippen LogP contribution is -2.65. The topological polar surface area (TPSA) is 295 Å². The van der Waals surface area contributed by atoms with Gasteiger partial charge in [0.15, 0.2) is 12.6 Å². The molecule has 6 unspecified atom stereocenters. The highest BCUT2D eigenvalue weighted by molar-refractivity contribution is 5.77. The van der Waals surface area contributed by atoms with Gasteiger partial charge in [0.2, 0.25) is 6.29 Å². The van der Waals surface area contributed by atoms with Crippen molar-refractivity contribution in [1.29, 1.82) is 0 Å². The van der Waals surface area contributed by atoms with E-state index in [1.807, 2.05) is 6.92 Å². The minimum absolute atomic E-state index is 0.121. The third-order valence-electron chi connectivity index (χ3n) is 15.0. The van der Waals surface area contributed by atoms with Crippen LogP contribution in [0.1, 0.15) is 71.6 Å². The third kappa shape index (κ3) is 6.69. The van der Waals surface area contributed by atoms with Crippen molar-refractivity contribution in [1.82, 2.24) is 0 Å². The molecule has 3 aliphatic heterocycles. The Hall–Kier alpha value is -1.43.